The highest BCUT2D eigenvalue weighted by Gasteiger charge is 2.26. The van der Waals surface area contributed by atoms with E-state index in [0.717, 1.165) is 16.6 Å². The van der Waals surface area contributed by atoms with E-state index in [4.69, 9.17) is 4.74 Å². The molecule has 0 aliphatic heterocycles. The molecule has 1 aromatic heterocycles. The van der Waals surface area contributed by atoms with Crippen LogP contribution >= 0.6 is 0 Å². The van der Waals surface area contributed by atoms with Crippen LogP contribution in [0.2, 0.25) is 0 Å². The molecule has 9 heteroatoms. The molecule has 0 radical (unpaired) electrons. The fourth-order valence-electron chi connectivity index (χ4n) is 3.61. The zero-order valence-electron chi connectivity index (χ0n) is 18.9. The number of sulfonamides is 1. The second kappa shape index (κ2) is 10.1. The molecule has 1 amide bonds. The van der Waals surface area contributed by atoms with Gasteiger partial charge in [0, 0.05) is 0 Å². The standard InChI is InChI=1S/C25H26N4O4S/c1-17(29-34(31,32)20-14-12-19(33-2)13-15-20)25(30)28-23(16-18-8-4-3-5-9-18)24-26-21-10-6-7-11-22(21)27-24/h3-15,17,23,29H,16H2,1-2H3,(H,26,27)(H,28,30)/t17-,23-/m0/s1. The molecule has 176 valence electrons. The Hall–Kier alpha value is -3.69. The first-order valence-electron chi connectivity index (χ1n) is 10.8. The van der Waals surface area contributed by atoms with Crippen molar-refractivity contribution >= 4 is 27.0 Å². The zero-order valence-corrected chi connectivity index (χ0v) is 19.7. The molecule has 4 aromatic rings. The number of aromatic nitrogens is 2. The lowest BCUT2D eigenvalue weighted by Crippen LogP contribution is -2.46. The normalized spacial score (nSPS) is 13.4. The summed E-state index contributed by atoms with van der Waals surface area (Å²) < 4.78 is 33.0. The van der Waals surface area contributed by atoms with Gasteiger partial charge in [-0.25, -0.2) is 13.4 Å². The summed E-state index contributed by atoms with van der Waals surface area (Å²) >= 11 is 0. The van der Waals surface area contributed by atoms with E-state index >= 15 is 0 Å². The van der Waals surface area contributed by atoms with E-state index in [1.807, 2.05) is 54.6 Å². The summed E-state index contributed by atoms with van der Waals surface area (Å²) in [5, 5.41) is 2.96. The molecule has 0 saturated carbocycles. The van der Waals surface area contributed by atoms with Crippen LogP contribution in [-0.4, -0.2) is 37.4 Å². The molecule has 3 aromatic carbocycles. The predicted molar refractivity (Wildman–Crippen MR) is 130 cm³/mol. The van der Waals surface area contributed by atoms with Crippen molar-refractivity contribution in [3.8, 4) is 5.75 Å². The number of nitrogens with one attached hydrogen (secondary N) is 3. The number of hydrogen-bond acceptors (Lipinski definition) is 5. The van der Waals surface area contributed by atoms with Crippen LogP contribution < -0.4 is 14.8 Å². The van der Waals surface area contributed by atoms with Crippen LogP contribution in [0.1, 0.15) is 24.4 Å². The van der Waals surface area contributed by atoms with Crippen molar-refractivity contribution in [2.24, 2.45) is 0 Å². The van der Waals surface area contributed by atoms with Crippen molar-refractivity contribution in [1.29, 1.82) is 0 Å². The second-order valence-corrected chi connectivity index (χ2v) is 9.62. The molecular weight excluding hydrogens is 452 g/mol. The van der Waals surface area contributed by atoms with Crippen LogP contribution in [0.4, 0.5) is 0 Å². The van der Waals surface area contributed by atoms with Gasteiger partial charge in [-0.2, -0.15) is 4.72 Å². The van der Waals surface area contributed by atoms with E-state index in [1.54, 1.807) is 12.1 Å². The Morgan fingerprint density at radius 2 is 1.68 bits per heavy atom. The highest BCUT2D eigenvalue weighted by molar-refractivity contribution is 7.89. The van der Waals surface area contributed by atoms with Gasteiger partial charge < -0.3 is 15.0 Å². The Morgan fingerprint density at radius 1 is 1.00 bits per heavy atom. The quantitative estimate of drug-likeness (QED) is 0.342. The molecule has 2 atom stereocenters. The Labute approximate surface area is 198 Å². The number of amides is 1. The van der Waals surface area contributed by atoms with Crippen molar-refractivity contribution in [2.45, 2.75) is 30.3 Å². The van der Waals surface area contributed by atoms with Gasteiger partial charge in [-0.1, -0.05) is 42.5 Å². The van der Waals surface area contributed by atoms with E-state index in [9.17, 15) is 13.2 Å². The number of H-pyrrole nitrogens is 1. The molecule has 0 aliphatic rings. The van der Waals surface area contributed by atoms with Gasteiger partial charge in [-0.3, -0.25) is 4.79 Å². The SMILES string of the molecule is COc1ccc(S(=O)(=O)N[C@@H](C)C(=O)N[C@@H](Cc2ccccc2)c2nc3ccccc3[nH]2)cc1. The number of nitrogens with zero attached hydrogens (tertiary/aromatic N) is 1. The first-order valence-corrected chi connectivity index (χ1v) is 12.3. The molecule has 0 spiro atoms. The van der Waals surface area contributed by atoms with E-state index in [-0.39, 0.29) is 4.90 Å². The number of carbonyl (C=O) groups excluding carboxylic acids is 1. The van der Waals surface area contributed by atoms with Crippen LogP contribution in [0.5, 0.6) is 5.75 Å². The Balaban J connectivity index is 1.53. The maximum atomic E-state index is 13.0. The summed E-state index contributed by atoms with van der Waals surface area (Å²) in [6.45, 7) is 1.51. The number of rotatable bonds is 9. The number of para-hydroxylation sites is 2. The highest BCUT2D eigenvalue weighted by Crippen LogP contribution is 2.20. The minimum atomic E-state index is -3.90. The molecule has 4 rings (SSSR count). The molecule has 34 heavy (non-hydrogen) atoms. The first-order chi connectivity index (χ1) is 16.4. The third-order valence-corrected chi connectivity index (χ3v) is 6.99. The molecule has 0 fully saturated rings. The largest absolute Gasteiger partial charge is 0.497 e. The maximum Gasteiger partial charge on any atom is 0.241 e. The lowest BCUT2D eigenvalue weighted by atomic mass is 10.1. The summed E-state index contributed by atoms with van der Waals surface area (Å²) in [7, 11) is -2.40. The topological polar surface area (TPSA) is 113 Å². The van der Waals surface area contributed by atoms with Crippen LogP contribution in [0.3, 0.4) is 0 Å². The fraction of sp³-hybridized carbons (Fsp3) is 0.200. The molecular formula is C25H26N4O4S. The molecule has 0 bridgehead atoms. The number of hydrogen-bond donors (Lipinski definition) is 3. The number of aromatic amines is 1. The minimum absolute atomic E-state index is 0.0473. The molecule has 0 saturated heterocycles. The van der Waals surface area contributed by atoms with Crippen LogP contribution in [0.25, 0.3) is 11.0 Å². The summed E-state index contributed by atoms with van der Waals surface area (Å²) in [6, 6.07) is 21.8. The summed E-state index contributed by atoms with van der Waals surface area (Å²) in [5.74, 6) is 0.682. The van der Waals surface area contributed by atoms with Gasteiger partial charge in [0.05, 0.1) is 35.1 Å². The fourth-order valence-corrected chi connectivity index (χ4v) is 4.81. The van der Waals surface area contributed by atoms with Crippen molar-refractivity contribution in [3.63, 3.8) is 0 Å². The van der Waals surface area contributed by atoms with Gasteiger partial charge in [0.15, 0.2) is 0 Å². The van der Waals surface area contributed by atoms with E-state index < -0.39 is 28.0 Å². The predicted octanol–water partition coefficient (Wildman–Crippen LogP) is 3.34. The van der Waals surface area contributed by atoms with Crippen molar-refractivity contribution in [1.82, 2.24) is 20.0 Å². The van der Waals surface area contributed by atoms with Gasteiger partial charge in [0.1, 0.15) is 11.6 Å². The van der Waals surface area contributed by atoms with E-state index in [0.29, 0.717) is 18.0 Å². The zero-order chi connectivity index (χ0) is 24.1. The average Bonchev–Trinajstić information content (AvgIpc) is 3.28. The summed E-state index contributed by atoms with van der Waals surface area (Å²) in [6.07, 6.45) is 0.490. The number of methoxy groups -OCH3 is 1. The van der Waals surface area contributed by atoms with Crippen LogP contribution in [-0.2, 0) is 21.2 Å². The molecule has 3 N–H and O–H groups in total. The molecule has 8 nitrogen and oxygen atoms in total. The van der Waals surface area contributed by atoms with Crippen LogP contribution in [0, 0.1) is 0 Å². The minimum Gasteiger partial charge on any atom is -0.497 e. The first kappa shape index (κ1) is 23.5. The highest BCUT2D eigenvalue weighted by atomic mass is 32.2. The van der Waals surface area contributed by atoms with Gasteiger partial charge in [0.25, 0.3) is 0 Å². The number of benzene rings is 3. The maximum absolute atomic E-state index is 13.0. The van der Waals surface area contributed by atoms with Crippen molar-refractivity contribution < 1.29 is 17.9 Å². The molecule has 0 aliphatic carbocycles. The third-order valence-electron chi connectivity index (χ3n) is 5.43. The molecule has 1 heterocycles. The summed E-state index contributed by atoms with van der Waals surface area (Å²) in [4.78, 5) is 21.0. The van der Waals surface area contributed by atoms with Gasteiger partial charge >= 0.3 is 0 Å². The van der Waals surface area contributed by atoms with E-state index in [1.165, 1.54) is 26.2 Å². The number of imidazole rings is 1. The van der Waals surface area contributed by atoms with Gasteiger partial charge in [-0.15, -0.1) is 0 Å². The average molecular weight is 479 g/mol. The Morgan fingerprint density at radius 3 is 2.35 bits per heavy atom. The lowest BCUT2D eigenvalue weighted by Gasteiger charge is -2.20. The second-order valence-electron chi connectivity index (χ2n) is 7.91. The van der Waals surface area contributed by atoms with Crippen molar-refractivity contribution in [2.75, 3.05) is 7.11 Å². The number of ether oxygens (including phenoxy) is 1. The van der Waals surface area contributed by atoms with Crippen LogP contribution in [0.15, 0.2) is 83.8 Å². The van der Waals surface area contributed by atoms with E-state index in [2.05, 4.69) is 20.0 Å². The van der Waals surface area contributed by atoms with Crippen molar-refractivity contribution in [3.05, 3.63) is 90.3 Å². The monoisotopic (exact) mass is 478 g/mol. The Kier molecular flexibility index (Phi) is 6.95. The third kappa shape index (κ3) is 5.44. The number of fused-ring (bicyclic) bond motifs is 1. The van der Waals surface area contributed by atoms with Gasteiger partial charge in [-0.05, 0) is 55.3 Å². The Bertz CT molecular complexity index is 1340. The number of carbonyl (C=O) groups is 1. The van der Waals surface area contributed by atoms with Gasteiger partial charge in [0.2, 0.25) is 15.9 Å². The summed E-state index contributed by atoms with van der Waals surface area (Å²) in [5.41, 5.74) is 2.66. The smallest absolute Gasteiger partial charge is 0.241 e. The lowest BCUT2D eigenvalue weighted by molar-refractivity contribution is -0.123. The molecule has 0 unspecified atom stereocenters.